The number of aryl methyl sites for hydroxylation is 2. The van der Waals surface area contributed by atoms with E-state index in [9.17, 15) is 5.11 Å². The third-order valence-corrected chi connectivity index (χ3v) is 3.16. The van der Waals surface area contributed by atoms with E-state index in [1.54, 1.807) is 6.92 Å². The molecule has 5 heteroatoms. The van der Waals surface area contributed by atoms with Gasteiger partial charge in [0.2, 0.25) is 0 Å². The minimum absolute atomic E-state index is 0.334. The molecule has 19 heavy (non-hydrogen) atoms. The molecule has 102 valence electrons. The standard InChI is InChI=1S/C14H19N3O2/c1-9-5-6-12(10(2)18)13(7-9)19-8-14-16-15-11(3)17(14)4/h5-7,10,18H,8H2,1-4H3. The molecule has 2 rings (SSSR count). The fourth-order valence-corrected chi connectivity index (χ4v) is 1.83. The lowest BCUT2D eigenvalue weighted by Crippen LogP contribution is -2.06. The number of hydrogen-bond donors (Lipinski definition) is 1. The van der Waals surface area contributed by atoms with Crippen LogP contribution in [0.15, 0.2) is 18.2 Å². The first kappa shape index (κ1) is 13.5. The van der Waals surface area contributed by atoms with Crippen molar-refractivity contribution in [3.05, 3.63) is 41.0 Å². The first-order valence-electron chi connectivity index (χ1n) is 6.25. The van der Waals surface area contributed by atoms with Crippen LogP contribution in [0.3, 0.4) is 0 Å². The van der Waals surface area contributed by atoms with Crippen molar-refractivity contribution in [2.24, 2.45) is 7.05 Å². The zero-order valence-corrected chi connectivity index (χ0v) is 11.7. The molecule has 0 amide bonds. The monoisotopic (exact) mass is 261 g/mol. The third kappa shape index (κ3) is 2.93. The number of rotatable bonds is 4. The van der Waals surface area contributed by atoms with Crippen LogP contribution in [0.5, 0.6) is 5.75 Å². The zero-order chi connectivity index (χ0) is 14.0. The Balaban J connectivity index is 2.19. The maximum Gasteiger partial charge on any atom is 0.170 e. The van der Waals surface area contributed by atoms with Crippen molar-refractivity contribution in [3.8, 4) is 5.75 Å². The van der Waals surface area contributed by atoms with Crippen LogP contribution in [0, 0.1) is 13.8 Å². The Labute approximate surface area is 112 Å². The van der Waals surface area contributed by atoms with Crippen molar-refractivity contribution in [1.82, 2.24) is 14.8 Å². The van der Waals surface area contributed by atoms with Gasteiger partial charge in [-0.15, -0.1) is 10.2 Å². The Kier molecular flexibility index (Phi) is 3.85. The summed E-state index contributed by atoms with van der Waals surface area (Å²) in [4.78, 5) is 0. The van der Waals surface area contributed by atoms with Crippen LogP contribution in [0.4, 0.5) is 0 Å². The summed E-state index contributed by atoms with van der Waals surface area (Å²) in [6, 6.07) is 5.77. The molecule has 2 aromatic rings. The molecule has 5 nitrogen and oxygen atoms in total. The number of nitrogens with zero attached hydrogens (tertiary/aromatic N) is 3. The van der Waals surface area contributed by atoms with Crippen molar-refractivity contribution in [2.45, 2.75) is 33.5 Å². The molecule has 1 aromatic heterocycles. The number of hydrogen-bond acceptors (Lipinski definition) is 4. The number of aliphatic hydroxyl groups excluding tert-OH is 1. The second kappa shape index (κ2) is 5.40. The molecule has 0 saturated heterocycles. The Hall–Kier alpha value is -1.88. The first-order chi connectivity index (χ1) is 8.99. The molecule has 0 radical (unpaired) electrons. The van der Waals surface area contributed by atoms with Gasteiger partial charge in [0.25, 0.3) is 0 Å². The first-order valence-corrected chi connectivity index (χ1v) is 6.25. The quantitative estimate of drug-likeness (QED) is 0.915. The van der Waals surface area contributed by atoms with Crippen molar-refractivity contribution < 1.29 is 9.84 Å². The van der Waals surface area contributed by atoms with E-state index in [-0.39, 0.29) is 0 Å². The third-order valence-electron chi connectivity index (χ3n) is 3.16. The lowest BCUT2D eigenvalue weighted by Gasteiger charge is -2.14. The molecule has 0 fully saturated rings. The highest BCUT2D eigenvalue weighted by molar-refractivity contribution is 5.38. The van der Waals surface area contributed by atoms with Gasteiger partial charge in [0.1, 0.15) is 18.2 Å². The van der Waals surface area contributed by atoms with Gasteiger partial charge in [-0.3, -0.25) is 0 Å². The average molecular weight is 261 g/mol. The fraction of sp³-hybridized carbons (Fsp3) is 0.429. The van der Waals surface area contributed by atoms with Crippen LogP contribution in [-0.4, -0.2) is 19.9 Å². The minimum Gasteiger partial charge on any atom is -0.485 e. The second-order valence-corrected chi connectivity index (χ2v) is 4.73. The molecule has 0 bridgehead atoms. The molecule has 0 spiro atoms. The van der Waals surface area contributed by atoms with E-state index in [0.717, 1.165) is 22.8 Å². The van der Waals surface area contributed by atoms with E-state index in [4.69, 9.17) is 4.74 Å². The van der Waals surface area contributed by atoms with Gasteiger partial charge in [-0.2, -0.15) is 0 Å². The van der Waals surface area contributed by atoms with Crippen LogP contribution in [0.1, 0.15) is 35.8 Å². The van der Waals surface area contributed by atoms with Crippen LogP contribution < -0.4 is 4.74 Å². The van der Waals surface area contributed by atoms with Gasteiger partial charge in [-0.05, 0) is 32.4 Å². The largest absolute Gasteiger partial charge is 0.485 e. The number of aliphatic hydroxyl groups is 1. The summed E-state index contributed by atoms with van der Waals surface area (Å²) < 4.78 is 7.66. The van der Waals surface area contributed by atoms with Crippen LogP contribution in [0.2, 0.25) is 0 Å². The van der Waals surface area contributed by atoms with E-state index < -0.39 is 6.10 Å². The van der Waals surface area contributed by atoms with E-state index in [1.165, 1.54) is 0 Å². The van der Waals surface area contributed by atoms with Gasteiger partial charge in [0.05, 0.1) is 6.10 Å². The Morgan fingerprint density at radius 2 is 2.05 bits per heavy atom. The smallest absolute Gasteiger partial charge is 0.170 e. The predicted molar refractivity (Wildman–Crippen MR) is 71.9 cm³/mol. The summed E-state index contributed by atoms with van der Waals surface area (Å²) in [5, 5.41) is 17.8. The van der Waals surface area contributed by atoms with E-state index in [1.807, 2.05) is 43.7 Å². The summed E-state index contributed by atoms with van der Waals surface area (Å²) >= 11 is 0. The number of benzene rings is 1. The van der Waals surface area contributed by atoms with Gasteiger partial charge >= 0.3 is 0 Å². The SMILES string of the molecule is Cc1ccc(C(C)O)c(OCc2nnc(C)n2C)c1. The van der Waals surface area contributed by atoms with Gasteiger partial charge in [-0.25, -0.2) is 0 Å². The molecular formula is C14H19N3O2. The van der Waals surface area contributed by atoms with Crippen molar-refractivity contribution in [1.29, 1.82) is 0 Å². The van der Waals surface area contributed by atoms with Crippen LogP contribution in [-0.2, 0) is 13.7 Å². The van der Waals surface area contributed by atoms with Crippen molar-refractivity contribution in [2.75, 3.05) is 0 Å². The average Bonchev–Trinajstić information content (AvgIpc) is 2.67. The molecule has 0 saturated carbocycles. The van der Waals surface area contributed by atoms with E-state index >= 15 is 0 Å². The molecule has 0 aliphatic rings. The number of aromatic nitrogens is 3. The maximum absolute atomic E-state index is 9.74. The molecule has 0 aliphatic heterocycles. The van der Waals surface area contributed by atoms with Gasteiger partial charge in [-0.1, -0.05) is 12.1 Å². The van der Waals surface area contributed by atoms with E-state index in [2.05, 4.69) is 10.2 Å². The molecular weight excluding hydrogens is 242 g/mol. The predicted octanol–water partition coefficient (Wildman–Crippen LogP) is 2.06. The Morgan fingerprint density at radius 3 is 2.63 bits per heavy atom. The Bertz CT molecular complexity index is 576. The summed E-state index contributed by atoms with van der Waals surface area (Å²) in [5.74, 6) is 2.30. The van der Waals surface area contributed by atoms with Gasteiger partial charge in [0, 0.05) is 12.6 Å². The molecule has 0 aliphatic carbocycles. The topological polar surface area (TPSA) is 60.2 Å². The molecule has 1 atom stereocenters. The highest BCUT2D eigenvalue weighted by Crippen LogP contribution is 2.26. The molecule has 1 heterocycles. The van der Waals surface area contributed by atoms with Crippen molar-refractivity contribution >= 4 is 0 Å². The zero-order valence-electron chi connectivity index (χ0n) is 11.7. The highest BCUT2D eigenvalue weighted by Gasteiger charge is 2.11. The second-order valence-electron chi connectivity index (χ2n) is 4.73. The molecule has 1 N–H and O–H groups in total. The molecule has 1 unspecified atom stereocenters. The van der Waals surface area contributed by atoms with Crippen LogP contribution in [0.25, 0.3) is 0 Å². The summed E-state index contributed by atoms with van der Waals surface area (Å²) in [7, 11) is 1.90. The number of ether oxygens (including phenoxy) is 1. The van der Waals surface area contributed by atoms with Gasteiger partial charge < -0.3 is 14.4 Å². The Morgan fingerprint density at radius 1 is 1.32 bits per heavy atom. The van der Waals surface area contributed by atoms with Crippen LogP contribution >= 0.6 is 0 Å². The lowest BCUT2D eigenvalue weighted by molar-refractivity contribution is 0.189. The maximum atomic E-state index is 9.74. The summed E-state index contributed by atoms with van der Waals surface area (Å²) in [5.41, 5.74) is 1.87. The normalized spacial score (nSPS) is 12.5. The minimum atomic E-state index is -0.558. The lowest BCUT2D eigenvalue weighted by atomic mass is 10.1. The summed E-state index contributed by atoms with van der Waals surface area (Å²) in [6.07, 6.45) is -0.558. The summed E-state index contributed by atoms with van der Waals surface area (Å²) in [6.45, 7) is 5.94. The highest BCUT2D eigenvalue weighted by atomic mass is 16.5. The van der Waals surface area contributed by atoms with E-state index in [0.29, 0.717) is 12.4 Å². The van der Waals surface area contributed by atoms with Gasteiger partial charge in [0.15, 0.2) is 5.82 Å². The molecule has 1 aromatic carbocycles. The fourth-order valence-electron chi connectivity index (χ4n) is 1.83. The van der Waals surface area contributed by atoms with Crippen molar-refractivity contribution in [3.63, 3.8) is 0 Å².